The van der Waals surface area contributed by atoms with Crippen LogP contribution >= 0.6 is 0 Å². The molecule has 0 spiro atoms. The zero-order valence-electron chi connectivity index (χ0n) is 23.0. The van der Waals surface area contributed by atoms with Crippen LogP contribution < -0.4 is 9.47 Å². The van der Waals surface area contributed by atoms with Crippen LogP contribution in [0.4, 0.5) is 8.78 Å². The topological polar surface area (TPSA) is 52.6 Å². The number of halogens is 2. The molecule has 6 heteroatoms. The van der Waals surface area contributed by atoms with E-state index in [-0.39, 0.29) is 23.6 Å². The first-order chi connectivity index (χ1) is 20.0. The number of hydrogen-bond donors (Lipinski definition) is 0. The Morgan fingerprint density at radius 1 is 0.415 bits per heavy atom. The van der Waals surface area contributed by atoms with E-state index in [1.165, 1.54) is 24.3 Å². The monoisotopic (exact) mass is 556 g/mol. The van der Waals surface area contributed by atoms with E-state index in [4.69, 9.17) is 9.47 Å². The Labute approximate surface area is 239 Å². The lowest BCUT2D eigenvalue weighted by atomic mass is 10.1. The van der Waals surface area contributed by atoms with Crippen LogP contribution in [0, 0.1) is 11.6 Å². The second-order valence-corrected chi connectivity index (χ2v) is 9.99. The molecule has 212 valence electrons. The average molecular weight is 557 g/mol. The van der Waals surface area contributed by atoms with Gasteiger partial charge in [0.25, 0.3) is 0 Å². The number of carbonyl (C=O) groups is 2. The van der Waals surface area contributed by atoms with Crippen molar-refractivity contribution in [3.63, 3.8) is 0 Å². The van der Waals surface area contributed by atoms with Crippen LogP contribution in [0.1, 0.15) is 57.8 Å². The van der Waals surface area contributed by atoms with E-state index in [2.05, 4.69) is 0 Å². The van der Waals surface area contributed by atoms with E-state index in [0.717, 1.165) is 67.2 Å². The molecule has 0 aliphatic rings. The van der Waals surface area contributed by atoms with E-state index < -0.39 is 0 Å². The molecule has 0 aliphatic heterocycles. The minimum absolute atomic E-state index is 0.247. The summed E-state index contributed by atoms with van der Waals surface area (Å²) in [6.07, 6.45) is 7.32. The zero-order valence-corrected chi connectivity index (χ0v) is 23.0. The molecule has 0 bridgehead atoms. The number of carbonyl (C=O) groups excluding carboxylic acids is 2. The molecule has 4 aromatic carbocycles. The van der Waals surface area contributed by atoms with Crippen molar-refractivity contribution in [3.05, 3.63) is 109 Å². The van der Waals surface area contributed by atoms with E-state index in [1.807, 2.05) is 24.3 Å². The summed E-state index contributed by atoms with van der Waals surface area (Å²) in [5.74, 6) is -0.0444. The van der Waals surface area contributed by atoms with Gasteiger partial charge in [-0.3, -0.25) is 9.59 Å². The van der Waals surface area contributed by atoms with Gasteiger partial charge >= 0.3 is 11.9 Å². The second-order valence-electron chi connectivity index (χ2n) is 9.99. The quantitative estimate of drug-likeness (QED) is 0.0882. The second kappa shape index (κ2) is 15.5. The third-order valence-corrected chi connectivity index (χ3v) is 6.79. The molecule has 0 atom stereocenters. The first kappa shape index (κ1) is 29.7. The standard InChI is InChI=1S/C35H34F2O4/c36-30-18-10-26(11-19-30)28-14-22-32(23-15-28)40-34(38)8-6-4-2-1-3-5-7-9-35(39)41-33-24-16-29(17-25-33)27-12-20-31(37)21-13-27/h10-25H,1-9H2. The van der Waals surface area contributed by atoms with Gasteiger partial charge in [0.2, 0.25) is 0 Å². The lowest BCUT2D eigenvalue weighted by molar-refractivity contribution is -0.135. The van der Waals surface area contributed by atoms with E-state index >= 15 is 0 Å². The molecule has 0 amide bonds. The Kier molecular flexibility index (Phi) is 11.2. The molecule has 0 aliphatic carbocycles. The minimum atomic E-state index is -0.276. The summed E-state index contributed by atoms with van der Waals surface area (Å²) in [4.78, 5) is 24.3. The molecular weight excluding hydrogens is 522 g/mol. The Hall–Kier alpha value is -4.32. The molecular formula is C35H34F2O4. The highest BCUT2D eigenvalue weighted by Gasteiger charge is 2.08. The Balaban J connectivity index is 1.02. The SMILES string of the molecule is O=C(CCCCCCCCCC(=O)Oc1ccc(-c2ccc(F)cc2)cc1)Oc1ccc(-c2ccc(F)cc2)cc1. The number of rotatable bonds is 14. The highest BCUT2D eigenvalue weighted by molar-refractivity contribution is 5.73. The number of hydrogen-bond acceptors (Lipinski definition) is 4. The van der Waals surface area contributed by atoms with Gasteiger partial charge in [0.1, 0.15) is 23.1 Å². The Bertz CT molecular complexity index is 1270. The number of esters is 2. The normalized spacial score (nSPS) is 10.8. The van der Waals surface area contributed by atoms with Gasteiger partial charge < -0.3 is 9.47 Å². The third kappa shape index (κ3) is 9.98. The molecule has 0 heterocycles. The number of unbranched alkanes of at least 4 members (excludes halogenated alkanes) is 6. The number of ether oxygens (including phenoxy) is 2. The molecule has 0 saturated carbocycles. The summed E-state index contributed by atoms with van der Waals surface area (Å²) in [6, 6.07) is 26.9. The molecule has 0 aromatic heterocycles. The van der Waals surface area contributed by atoms with Crippen molar-refractivity contribution in [2.45, 2.75) is 57.8 Å². The van der Waals surface area contributed by atoms with Crippen LogP contribution in [0.5, 0.6) is 11.5 Å². The molecule has 4 aromatic rings. The summed E-state index contributed by atoms with van der Waals surface area (Å²) >= 11 is 0. The summed E-state index contributed by atoms with van der Waals surface area (Å²) in [7, 11) is 0. The molecule has 0 N–H and O–H groups in total. The van der Waals surface area contributed by atoms with Gasteiger partial charge in [0.15, 0.2) is 0 Å². The van der Waals surface area contributed by atoms with Gasteiger partial charge in [0.05, 0.1) is 0 Å². The first-order valence-electron chi connectivity index (χ1n) is 14.1. The van der Waals surface area contributed by atoms with Crippen LogP contribution in [-0.4, -0.2) is 11.9 Å². The van der Waals surface area contributed by atoms with E-state index in [1.54, 1.807) is 48.5 Å². The third-order valence-electron chi connectivity index (χ3n) is 6.79. The van der Waals surface area contributed by atoms with Crippen molar-refractivity contribution >= 4 is 11.9 Å². The fraction of sp³-hybridized carbons (Fsp3) is 0.257. The van der Waals surface area contributed by atoms with Crippen LogP contribution in [0.2, 0.25) is 0 Å². The van der Waals surface area contributed by atoms with Gasteiger partial charge in [-0.2, -0.15) is 0 Å². The molecule has 4 nitrogen and oxygen atoms in total. The molecule has 41 heavy (non-hydrogen) atoms. The summed E-state index contributed by atoms with van der Waals surface area (Å²) in [5, 5.41) is 0. The van der Waals surface area contributed by atoms with Gasteiger partial charge in [-0.15, -0.1) is 0 Å². The van der Waals surface area contributed by atoms with Crippen molar-refractivity contribution in [3.8, 4) is 33.8 Å². The zero-order chi connectivity index (χ0) is 28.9. The lowest BCUT2D eigenvalue weighted by Crippen LogP contribution is -2.07. The van der Waals surface area contributed by atoms with Crippen LogP contribution in [0.25, 0.3) is 22.3 Å². The van der Waals surface area contributed by atoms with Gasteiger partial charge in [-0.25, -0.2) is 8.78 Å². The van der Waals surface area contributed by atoms with Gasteiger partial charge in [-0.1, -0.05) is 80.6 Å². The van der Waals surface area contributed by atoms with Crippen molar-refractivity contribution < 1.29 is 27.8 Å². The van der Waals surface area contributed by atoms with Crippen molar-refractivity contribution in [1.82, 2.24) is 0 Å². The van der Waals surface area contributed by atoms with Crippen LogP contribution in [0.3, 0.4) is 0 Å². The summed E-state index contributed by atoms with van der Waals surface area (Å²) in [5.41, 5.74) is 3.65. The van der Waals surface area contributed by atoms with E-state index in [0.29, 0.717) is 24.3 Å². The summed E-state index contributed by atoms with van der Waals surface area (Å²) in [6.45, 7) is 0. The maximum Gasteiger partial charge on any atom is 0.311 e. The van der Waals surface area contributed by atoms with Crippen molar-refractivity contribution in [2.75, 3.05) is 0 Å². The van der Waals surface area contributed by atoms with Crippen LogP contribution in [-0.2, 0) is 9.59 Å². The molecule has 0 fully saturated rings. The molecule has 0 radical (unpaired) electrons. The number of benzene rings is 4. The molecule has 0 unspecified atom stereocenters. The Morgan fingerprint density at radius 2 is 0.683 bits per heavy atom. The van der Waals surface area contributed by atoms with Crippen LogP contribution in [0.15, 0.2) is 97.1 Å². The summed E-state index contributed by atoms with van der Waals surface area (Å²) < 4.78 is 37.0. The highest BCUT2D eigenvalue weighted by Crippen LogP contribution is 2.24. The maximum absolute atomic E-state index is 13.1. The predicted octanol–water partition coefficient (Wildman–Crippen LogP) is 9.32. The van der Waals surface area contributed by atoms with Crippen molar-refractivity contribution in [1.29, 1.82) is 0 Å². The van der Waals surface area contributed by atoms with E-state index in [9.17, 15) is 18.4 Å². The fourth-order valence-electron chi connectivity index (χ4n) is 4.50. The maximum atomic E-state index is 13.1. The van der Waals surface area contributed by atoms with Crippen molar-refractivity contribution in [2.24, 2.45) is 0 Å². The largest absolute Gasteiger partial charge is 0.427 e. The highest BCUT2D eigenvalue weighted by atomic mass is 19.1. The lowest BCUT2D eigenvalue weighted by Gasteiger charge is -2.07. The Morgan fingerprint density at radius 3 is 1.00 bits per heavy atom. The first-order valence-corrected chi connectivity index (χ1v) is 14.1. The van der Waals surface area contributed by atoms with Gasteiger partial charge in [-0.05, 0) is 83.6 Å². The fourth-order valence-corrected chi connectivity index (χ4v) is 4.50. The molecule has 4 rings (SSSR count). The minimum Gasteiger partial charge on any atom is -0.427 e. The predicted molar refractivity (Wildman–Crippen MR) is 156 cm³/mol. The smallest absolute Gasteiger partial charge is 0.311 e. The average Bonchev–Trinajstić information content (AvgIpc) is 2.98. The molecule has 0 saturated heterocycles. The van der Waals surface area contributed by atoms with Gasteiger partial charge in [0, 0.05) is 12.8 Å².